The van der Waals surface area contributed by atoms with Gasteiger partial charge in [-0.3, -0.25) is 4.79 Å². The molecule has 0 atom stereocenters. The number of para-hydroxylation sites is 2. The molecule has 1 aromatic heterocycles. The summed E-state index contributed by atoms with van der Waals surface area (Å²) in [4.78, 5) is 17.1. The molecule has 0 aliphatic heterocycles. The molecule has 0 radical (unpaired) electrons. The van der Waals surface area contributed by atoms with Crippen molar-refractivity contribution in [3.63, 3.8) is 0 Å². The van der Waals surface area contributed by atoms with E-state index in [1.165, 1.54) is 23.3 Å². The number of fused-ring (bicyclic) bond motifs is 1. The van der Waals surface area contributed by atoms with E-state index in [1.54, 1.807) is 12.1 Å². The molecule has 3 aromatic carbocycles. The van der Waals surface area contributed by atoms with E-state index in [0.717, 1.165) is 29.0 Å². The summed E-state index contributed by atoms with van der Waals surface area (Å²) in [5.41, 5.74) is 4.23. The summed E-state index contributed by atoms with van der Waals surface area (Å²) in [5, 5.41) is 2.79. The van der Waals surface area contributed by atoms with E-state index in [-0.39, 0.29) is 12.1 Å². The SMILES string of the molecule is Cc1cc(C)cc(OCCCn2c(CNC(=O)c3ccccc3F)nc3ccccc32)c1. The third-order valence-corrected chi connectivity index (χ3v) is 5.25. The maximum absolute atomic E-state index is 13.9. The molecule has 0 aliphatic rings. The number of nitrogens with one attached hydrogen (secondary N) is 1. The number of ether oxygens (including phenoxy) is 1. The summed E-state index contributed by atoms with van der Waals surface area (Å²) >= 11 is 0. The highest BCUT2D eigenvalue weighted by Crippen LogP contribution is 2.19. The first-order chi connectivity index (χ1) is 15.5. The smallest absolute Gasteiger partial charge is 0.254 e. The highest BCUT2D eigenvalue weighted by molar-refractivity contribution is 5.94. The average molecular weight is 432 g/mol. The van der Waals surface area contributed by atoms with Crippen LogP contribution in [0.4, 0.5) is 4.39 Å². The van der Waals surface area contributed by atoms with Crippen LogP contribution in [0.1, 0.15) is 33.7 Å². The maximum Gasteiger partial charge on any atom is 0.254 e. The molecular formula is C26H26FN3O2. The van der Waals surface area contributed by atoms with Crippen LogP contribution in [0.5, 0.6) is 5.75 Å². The summed E-state index contributed by atoms with van der Waals surface area (Å²) in [7, 11) is 0. The minimum atomic E-state index is -0.540. The fraction of sp³-hybridized carbons (Fsp3) is 0.231. The number of benzene rings is 3. The summed E-state index contributed by atoms with van der Waals surface area (Å²) in [6.45, 7) is 5.57. The molecule has 0 fully saturated rings. The number of hydrogen-bond donors (Lipinski definition) is 1. The van der Waals surface area contributed by atoms with Gasteiger partial charge in [0.05, 0.1) is 29.7 Å². The molecule has 164 valence electrons. The van der Waals surface area contributed by atoms with Crippen molar-refractivity contribution >= 4 is 16.9 Å². The zero-order chi connectivity index (χ0) is 22.5. The fourth-order valence-electron chi connectivity index (χ4n) is 3.84. The Morgan fingerprint density at radius 2 is 1.75 bits per heavy atom. The lowest BCUT2D eigenvalue weighted by molar-refractivity contribution is 0.0945. The number of carbonyl (C=O) groups is 1. The van der Waals surface area contributed by atoms with E-state index in [4.69, 9.17) is 4.74 Å². The third kappa shape index (κ3) is 4.97. The van der Waals surface area contributed by atoms with E-state index >= 15 is 0 Å². The molecule has 1 amide bonds. The standard InChI is InChI=1S/C26H26FN3O2/c1-18-14-19(2)16-20(15-18)32-13-7-12-30-24-11-6-5-10-23(24)29-25(30)17-28-26(31)21-8-3-4-9-22(21)27/h3-6,8-11,14-16H,7,12-13,17H2,1-2H3,(H,28,31). The van der Waals surface area contributed by atoms with Crippen LogP contribution in [-0.2, 0) is 13.1 Å². The van der Waals surface area contributed by atoms with Crippen molar-refractivity contribution in [2.45, 2.75) is 33.4 Å². The number of nitrogens with zero attached hydrogens (tertiary/aromatic N) is 2. The fourth-order valence-corrected chi connectivity index (χ4v) is 3.84. The largest absolute Gasteiger partial charge is 0.494 e. The number of imidazole rings is 1. The van der Waals surface area contributed by atoms with Crippen molar-refractivity contribution in [3.8, 4) is 5.75 Å². The first-order valence-corrected chi connectivity index (χ1v) is 10.7. The molecule has 4 rings (SSSR count). The number of halogens is 1. The highest BCUT2D eigenvalue weighted by atomic mass is 19.1. The molecule has 32 heavy (non-hydrogen) atoms. The van der Waals surface area contributed by atoms with Gasteiger partial charge in [-0.2, -0.15) is 0 Å². The summed E-state index contributed by atoms with van der Waals surface area (Å²) in [6.07, 6.45) is 0.779. The Hall–Kier alpha value is -3.67. The van der Waals surface area contributed by atoms with Crippen molar-refractivity contribution in [2.24, 2.45) is 0 Å². The Kier molecular flexibility index (Phi) is 6.50. The Morgan fingerprint density at radius 3 is 2.53 bits per heavy atom. The van der Waals surface area contributed by atoms with Gasteiger partial charge in [0, 0.05) is 6.54 Å². The van der Waals surface area contributed by atoms with Crippen LogP contribution >= 0.6 is 0 Å². The minimum Gasteiger partial charge on any atom is -0.494 e. The zero-order valence-corrected chi connectivity index (χ0v) is 18.3. The summed E-state index contributed by atoms with van der Waals surface area (Å²) in [5.74, 6) is 0.597. The van der Waals surface area contributed by atoms with Gasteiger partial charge < -0.3 is 14.6 Å². The van der Waals surface area contributed by atoms with Crippen LogP contribution in [0.15, 0.2) is 66.7 Å². The molecule has 0 spiro atoms. The summed E-state index contributed by atoms with van der Waals surface area (Å²) < 4.78 is 21.9. The van der Waals surface area contributed by atoms with Crippen LogP contribution in [-0.4, -0.2) is 22.1 Å². The second-order valence-electron chi connectivity index (χ2n) is 7.86. The van der Waals surface area contributed by atoms with Crippen LogP contribution in [0.2, 0.25) is 0 Å². The lowest BCUT2D eigenvalue weighted by Crippen LogP contribution is -2.25. The molecule has 0 aliphatic carbocycles. The van der Waals surface area contributed by atoms with Crippen molar-refractivity contribution < 1.29 is 13.9 Å². The monoisotopic (exact) mass is 431 g/mol. The quantitative estimate of drug-likeness (QED) is 0.391. The van der Waals surface area contributed by atoms with E-state index in [2.05, 4.69) is 34.8 Å². The van der Waals surface area contributed by atoms with Gasteiger partial charge in [-0.15, -0.1) is 0 Å². The van der Waals surface area contributed by atoms with Crippen LogP contribution in [0.25, 0.3) is 11.0 Å². The van der Waals surface area contributed by atoms with Gasteiger partial charge in [-0.25, -0.2) is 9.37 Å². The van der Waals surface area contributed by atoms with E-state index < -0.39 is 11.7 Å². The molecule has 0 saturated heterocycles. The van der Waals surface area contributed by atoms with E-state index in [9.17, 15) is 9.18 Å². The van der Waals surface area contributed by atoms with E-state index in [0.29, 0.717) is 13.2 Å². The number of aromatic nitrogens is 2. The average Bonchev–Trinajstić information content (AvgIpc) is 3.12. The predicted molar refractivity (Wildman–Crippen MR) is 123 cm³/mol. The van der Waals surface area contributed by atoms with Gasteiger partial charge in [0.2, 0.25) is 0 Å². The van der Waals surface area contributed by atoms with E-state index in [1.807, 2.05) is 36.4 Å². The van der Waals surface area contributed by atoms with Gasteiger partial charge in [0.25, 0.3) is 5.91 Å². The van der Waals surface area contributed by atoms with Crippen LogP contribution in [0.3, 0.4) is 0 Å². The van der Waals surface area contributed by atoms with Crippen molar-refractivity contribution in [1.29, 1.82) is 0 Å². The normalized spacial score (nSPS) is 11.0. The second-order valence-corrected chi connectivity index (χ2v) is 7.86. The van der Waals surface area contributed by atoms with Gasteiger partial charge in [0.15, 0.2) is 0 Å². The molecule has 4 aromatic rings. The van der Waals surface area contributed by atoms with Crippen LogP contribution in [0, 0.1) is 19.7 Å². The number of aryl methyl sites for hydroxylation is 3. The minimum absolute atomic E-state index is 0.0250. The number of rotatable bonds is 8. The lowest BCUT2D eigenvalue weighted by Gasteiger charge is -2.12. The Bertz CT molecular complexity index is 1230. The number of hydrogen-bond acceptors (Lipinski definition) is 3. The van der Waals surface area contributed by atoms with Crippen molar-refractivity contribution in [3.05, 3.63) is 95.1 Å². The first-order valence-electron chi connectivity index (χ1n) is 10.7. The molecule has 6 heteroatoms. The third-order valence-electron chi connectivity index (χ3n) is 5.25. The molecule has 1 heterocycles. The van der Waals surface area contributed by atoms with Gasteiger partial charge in [-0.05, 0) is 67.8 Å². The summed E-state index contributed by atoms with van der Waals surface area (Å²) in [6, 6.07) is 20.0. The molecule has 5 nitrogen and oxygen atoms in total. The van der Waals surface area contributed by atoms with Crippen LogP contribution < -0.4 is 10.1 Å². The molecule has 0 bridgehead atoms. The zero-order valence-electron chi connectivity index (χ0n) is 18.3. The van der Waals surface area contributed by atoms with Gasteiger partial charge >= 0.3 is 0 Å². The van der Waals surface area contributed by atoms with Crippen molar-refractivity contribution in [1.82, 2.24) is 14.9 Å². The maximum atomic E-state index is 13.9. The topological polar surface area (TPSA) is 56.1 Å². The van der Waals surface area contributed by atoms with Gasteiger partial charge in [-0.1, -0.05) is 30.3 Å². The molecule has 0 saturated carbocycles. The Balaban J connectivity index is 1.44. The van der Waals surface area contributed by atoms with Gasteiger partial charge in [0.1, 0.15) is 17.4 Å². The molecule has 0 unspecified atom stereocenters. The second kappa shape index (κ2) is 9.64. The first kappa shape index (κ1) is 21.6. The Labute approximate surface area is 186 Å². The highest BCUT2D eigenvalue weighted by Gasteiger charge is 2.14. The molecule has 1 N–H and O–H groups in total. The number of amides is 1. The predicted octanol–water partition coefficient (Wildman–Crippen LogP) is 5.19. The van der Waals surface area contributed by atoms with Crippen molar-refractivity contribution in [2.75, 3.05) is 6.61 Å². The molecular weight excluding hydrogens is 405 g/mol. The Morgan fingerprint density at radius 1 is 1.03 bits per heavy atom. The lowest BCUT2D eigenvalue weighted by atomic mass is 10.1. The number of carbonyl (C=O) groups excluding carboxylic acids is 1.